The standard InChI is InChI=1S/C5H9FO2S/c1-8-5(7)3-2-4-9-6/h2-4H2,1H3. The third-order valence-corrected chi connectivity index (χ3v) is 1.27. The maximum absolute atomic E-state index is 11.3. The summed E-state index contributed by atoms with van der Waals surface area (Å²) in [6.07, 6.45) is 0.862. The molecule has 0 aliphatic heterocycles. The molecule has 0 rings (SSSR count). The summed E-state index contributed by atoms with van der Waals surface area (Å²) in [7, 11) is 1.32. The number of hydrogen-bond acceptors (Lipinski definition) is 3. The van der Waals surface area contributed by atoms with Crippen molar-refractivity contribution in [3.05, 3.63) is 0 Å². The summed E-state index contributed by atoms with van der Waals surface area (Å²) in [6.45, 7) is 0. The third kappa shape index (κ3) is 5.62. The fourth-order valence-corrected chi connectivity index (χ4v) is 0.627. The van der Waals surface area contributed by atoms with E-state index in [0.29, 0.717) is 18.6 Å². The van der Waals surface area contributed by atoms with Gasteiger partial charge in [0, 0.05) is 24.3 Å². The van der Waals surface area contributed by atoms with Gasteiger partial charge >= 0.3 is 5.97 Å². The Morgan fingerprint density at radius 2 is 2.44 bits per heavy atom. The average molecular weight is 152 g/mol. The summed E-state index contributed by atoms with van der Waals surface area (Å²) in [5.41, 5.74) is 0. The van der Waals surface area contributed by atoms with Crippen LogP contribution in [0.4, 0.5) is 3.89 Å². The van der Waals surface area contributed by atoms with Crippen LogP contribution in [0.1, 0.15) is 12.8 Å². The minimum absolute atomic E-state index is 0.246. The first-order valence-corrected chi connectivity index (χ1v) is 3.50. The minimum Gasteiger partial charge on any atom is -0.469 e. The summed E-state index contributed by atoms with van der Waals surface area (Å²) in [6, 6.07) is 0. The Balaban J connectivity index is 2.97. The molecule has 0 aromatic carbocycles. The highest BCUT2D eigenvalue weighted by atomic mass is 32.2. The molecule has 0 spiro atoms. The largest absolute Gasteiger partial charge is 0.469 e. The summed E-state index contributed by atoms with van der Waals surface area (Å²) in [5, 5.41) is 0. The predicted octanol–water partition coefficient (Wildman–Crippen LogP) is 1.56. The second-order valence-electron chi connectivity index (χ2n) is 1.49. The van der Waals surface area contributed by atoms with Gasteiger partial charge in [0.25, 0.3) is 0 Å². The number of carbonyl (C=O) groups excluding carboxylic acids is 1. The van der Waals surface area contributed by atoms with Crippen molar-refractivity contribution in [2.75, 3.05) is 12.9 Å². The summed E-state index contributed by atoms with van der Waals surface area (Å²) in [5.74, 6) is 0.0961. The van der Waals surface area contributed by atoms with Crippen LogP contribution >= 0.6 is 12.1 Å². The molecule has 0 unspecified atom stereocenters. The van der Waals surface area contributed by atoms with Crippen LogP contribution in [0.3, 0.4) is 0 Å². The average Bonchev–Trinajstić information content (AvgIpc) is 1.89. The first kappa shape index (κ1) is 8.75. The van der Waals surface area contributed by atoms with Crippen molar-refractivity contribution in [3.8, 4) is 0 Å². The fourth-order valence-electron chi connectivity index (χ4n) is 0.373. The van der Waals surface area contributed by atoms with Gasteiger partial charge in [0.1, 0.15) is 0 Å². The molecule has 0 aliphatic carbocycles. The first-order valence-electron chi connectivity index (χ1n) is 2.61. The van der Waals surface area contributed by atoms with Gasteiger partial charge in [0.05, 0.1) is 7.11 Å². The number of halogens is 1. The highest BCUT2D eigenvalue weighted by Crippen LogP contribution is 2.04. The molecule has 0 fully saturated rings. The van der Waals surface area contributed by atoms with E-state index in [1.807, 2.05) is 0 Å². The van der Waals surface area contributed by atoms with Gasteiger partial charge < -0.3 is 4.74 Å². The van der Waals surface area contributed by atoms with Crippen molar-refractivity contribution in [2.45, 2.75) is 12.8 Å². The van der Waals surface area contributed by atoms with E-state index in [-0.39, 0.29) is 18.1 Å². The van der Waals surface area contributed by atoms with Gasteiger partial charge in [0.2, 0.25) is 0 Å². The van der Waals surface area contributed by atoms with Gasteiger partial charge in [0.15, 0.2) is 0 Å². The van der Waals surface area contributed by atoms with Gasteiger partial charge in [-0.1, -0.05) is 0 Å². The lowest BCUT2D eigenvalue weighted by molar-refractivity contribution is -0.140. The van der Waals surface area contributed by atoms with Crippen molar-refractivity contribution in [1.29, 1.82) is 0 Å². The van der Waals surface area contributed by atoms with E-state index in [4.69, 9.17) is 0 Å². The molecule has 2 nitrogen and oxygen atoms in total. The maximum Gasteiger partial charge on any atom is 0.305 e. The molecule has 0 aliphatic rings. The second kappa shape index (κ2) is 5.88. The molecule has 54 valence electrons. The van der Waals surface area contributed by atoms with Crippen LogP contribution in [-0.4, -0.2) is 18.8 Å². The van der Waals surface area contributed by atoms with E-state index in [1.54, 1.807) is 0 Å². The molecule has 0 saturated carbocycles. The third-order valence-electron chi connectivity index (χ3n) is 0.830. The molecule has 0 bridgehead atoms. The molecule has 0 aromatic heterocycles. The van der Waals surface area contributed by atoms with Crippen LogP contribution in [0.15, 0.2) is 0 Å². The Morgan fingerprint density at radius 1 is 1.78 bits per heavy atom. The van der Waals surface area contributed by atoms with Gasteiger partial charge in [-0.2, -0.15) is 3.89 Å². The predicted molar refractivity (Wildman–Crippen MR) is 34.8 cm³/mol. The van der Waals surface area contributed by atoms with E-state index in [1.165, 1.54) is 7.11 Å². The molecule has 0 saturated heterocycles. The highest BCUT2D eigenvalue weighted by molar-refractivity contribution is 7.94. The van der Waals surface area contributed by atoms with Gasteiger partial charge in [-0.3, -0.25) is 4.79 Å². The molecule has 9 heavy (non-hydrogen) atoms. The van der Waals surface area contributed by atoms with Crippen LogP contribution < -0.4 is 0 Å². The van der Waals surface area contributed by atoms with Crippen molar-refractivity contribution in [2.24, 2.45) is 0 Å². The van der Waals surface area contributed by atoms with Crippen LogP contribution in [0.5, 0.6) is 0 Å². The lowest BCUT2D eigenvalue weighted by Gasteiger charge is -1.94. The van der Waals surface area contributed by atoms with Crippen molar-refractivity contribution >= 4 is 18.1 Å². The van der Waals surface area contributed by atoms with E-state index in [0.717, 1.165) is 0 Å². The molecule has 0 amide bonds. The zero-order valence-electron chi connectivity index (χ0n) is 5.22. The molecular formula is C5H9FO2S. The topological polar surface area (TPSA) is 26.3 Å². The highest BCUT2D eigenvalue weighted by Gasteiger charge is 1.97. The van der Waals surface area contributed by atoms with E-state index >= 15 is 0 Å². The van der Waals surface area contributed by atoms with E-state index < -0.39 is 0 Å². The number of esters is 1. The molecule has 0 atom stereocenters. The molecule has 0 aromatic rings. The molecule has 0 N–H and O–H groups in total. The molecule has 0 radical (unpaired) electrons. The van der Waals surface area contributed by atoms with Gasteiger partial charge in [-0.25, -0.2) is 0 Å². The first-order chi connectivity index (χ1) is 4.31. The quantitative estimate of drug-likeness (QED) is 0.451. The van der Waals surface area contributed by atoms with Crippen LogP contribution in [0.25, 0.3) is 0 Å². The van der Waals surface area contributed by atoms with Crippen molar-refractivity contribution < 1.29 is 13.4 Å². The smallest absolute Gasteiger partial charge is 0.305 e. The summed E-state index contributed by atoms with van der Waals surface area (Å²) >= 11 is 0.246. The van der Waals surface area contributed by atoms with Crippen LogP contribution in [0, 0.1) is 0 Å². The Kier molecular flexibility index (Phi) is 5.72. The molecule has 0 heterocycles. The minimum atomic E-state index is -0.274. The number of ether oxygens (including phenoxy) is 1. The number of rotatable bonds is 4. The van der Waals surface area contributed by atoms with Gasteiger partial charge in [-0.05, 0) is 6.42 Å². The summed E-state index contributed by atoms with van der Waals surface area (Å²) < 4.78 is 15.6. The Morgan fingerprint density at radius 3 is 2.89 bits per heavy atom. The zero-order valence-corrected chi connectivity index (χ0v) is 6.04. The van der Waals surface area contributed by atoms with Gasteiger partial charge in [-0.15, -0.1) is 0 Å². The molecular weight excluding hydrogens is 143 g/mol. The SMILES string of the molecule is COC(=O)CCCSF. The van der Waals surface area contributed by atoms with Crippen molar-refractivity contribution in [1.82, 2.24) is 0 Å². The Labute approximate surface area is 58.1 Å². The number of hydrogen-bond donors (Lipinski definition) is 0. The zero-order chi connectivity index (χ0) is 7.11. The second-order valence-corrected chi connectivity index (χ2v) is 2.12. The Bertz CT molecular complexity index is 87.0. The lowest BCUT2D eigenvalue weighted by atomic mass is 10.3. The van der Waals surface area contributed by atoms with Crippen LogP contribution in [-0.2, 0) is 9.53 Å². The Hall–Kier alpha value is -0.250. The normalized spacial score (nSPS) is 9.11. The van der Waals surface area contributed by atoms with E-state index in [9.17, 15) is 8.68 Å². The van der Waals surface area contributed by atoms with E-state index in [2.05, 4.69) is 4.74 Å². The number of methoxy groups -OCH3 is 1. The number of carbonyl (C=O) groups is 1. The lowest BCUT2D eigenvalue weighted by Crippen LogP contribution is -1.99. The molecule has 4 heteroatoms. The summed E-state index contributed by atoms with van der Waals surface area (Å²) in [4.78, 5) is 10.3. The van der Waals surface area contributed by atoms with Crippen LogP contribution in [0.2, 0.25) is 0 Å². The fraction of sp³-hybridized carbons (Fsp3) is 0.800. The van der Waals surface area contributed by atoms with Crippen molar-refractivity contribution in [3.63, 3.8) is 0 Å². The maximum atomic E-state index is 11.3. The monoisotopic (exact) mass is 152 g/mol.